The molecule has 0 radical (unpaired) electrons. The second-order valence-electron chi connectivity index (χ2n) is 11.1. The third-order valence-electron chi connectivity index (χ3n) is 7.77. The lowest BCUT2D eigenvalue weighted by Crippen LogP contribution is -2.53. The van der Waals surface area contributed by atoms with Gasteiger partial charge in [0.25, 0.3) is 10.0 Å². The van der Waals surface area contributed by atoms with E-state index in [-0.39, 0.29) is 39.6 Å². The minimum atomic E-state index is -4.76. The minimum Gasteiger partial charge on any atom is -0.352 e. The Kier molecular flexibility index (Phi) is 11.1. The van der Waals surface area contributed by atoms with Gasteiger partial charge < -0.3 is 10.2 Å². The van der Waals surface area contributed by atoms with Crippen molar-refractivity contribution in [3.63, 3.8) is 0 Å². The van der Waals surface area contributed by atoms with Crippen LogP contribution >= 0.6 is 23.2 Å². The Balaban J connectivity index is 1.77. The molecule has 0 aliphatic heterocycles. The number of hydrogen-bond acceptors (Lipinski definition) is 4. The average Bonchev–Trinajstić information content (AvgIpc) is 3.50. The van der Waals surface area contributed by atoms with E-state index < -0.39 is 46.2 Å². The number of sulfonamides is 1. The molecular weight excluding hydrogens is 650 g/mol. The van der Waals surface area contributed by atoms with Crippen molar-refractivity contribution in [3.8, 4) is 0 Å². The first kappa shape index (κ1) is 34.6. The van der Waals surface area contributed by atoms with Crippen LogP contribution in [0.15, 0.2) is 71.6 Å². The van der Waals surface area contributed by atoms with E-state index in [1.54, 1.807) is 38.1 Å². The Bertz CT molecular complexity index is 1630. The fourth-order valence-electron chi connectivity index (χ4n) is 5.33. The summed E-state index contributed by atoms with van der Waals surface area (Å²) in [7, 11) is -4.54. The van der Waals surface area contributed by atoms with E-state index in [9.17, 15) is 31.2 Å². The Morgan fingerprint density at radius 2 is 1.64 bits per heavy atom. The molecule has 1 saturated carbocycles. The van der Waals surface area contributed by atoms with E-state index in [1.165, 1.54) is 29.2 Å². The molecule has 0 unspecified atom stereocenters. The second-order valence-corrected chi connectivity index (χ2v) is 13.7. The van der Waals surface area contributed by atoms with E-state index in [1.807, 2.05) is 0 Å². The van der Waals surface area contributed by atoms with E-state index >= 15 is 0 Å². The number of amides is 2. The van der Waals surface area contributed by atoms with Crippen LogP contribution in [0.1, 0.15) is 55.7 Å². The van der Waals surface area contributed by atoms with Gasteiger partial charge in [-0.2, -0.15) is 13.2 Å². The molecule has 0 spiro atoms. The van der Waals surface area contributed by atoms with Gasteiger partial charge in [0.15, 0.2) is 0 Å². The molecular formula is C32H34Cl2F3N3O4S. The van der Waals surface area contributed by atoms with Crippen LogP contribution in [-0.2, 0) is 32.3 Å². The zero-order valence-electron chi connectivity index (χ0n) is 24.8. The fraction of sp³-hybridized carbons (Fsp3) is 0.375. The monoisotopic (exact) mass is 683 g/mol. The van der Waals surface area contributed by atoms with Crippen LogP contribution in [-0.4, -0.2) is 43.8 Å². The van der Waals surface area contributed by atoms with Crippen molar-refractivity contribution in [2.45, 2.75) is 75.7 Å². The number of nitrogens with zero attached hydrogens (tertiary/aromatic N) is 2. The molecule has 0 bridgehead atoms. The molecule has 4 rings (SSSR count). The van der Waals surface area contributed by atoms with Crippen LogP contribution in [0.5, 0.6) is 0 Å². The number of alkyl halides is 3. The highest BCUT2D eigenvalue weighted by molar-refractivity contribution is 7.92. The van der Waals surface area contributed by atoms with E-state index in [0.29, 0.717) is 15.9 Å². The first-order valence-corrected chi connectivity index (χ1v) is 16.7. The number of aryl methyl sites for hydroxylation is 1. The lowest BCUT2D eigenvalue weighted by atomic mass is 10.1. The van der Waals surface area contributed by atoms with Crippen molar-refractivity contribution < 1.29 is 31.2 Å². The average molecular weight is 685 g/mol. The van der Waals surface area contributed by atoms with Crippen molar-refractivity contribution in [2.75, 3.05) is 10.8 Å². The number of carbonyl (C=O) groups is 2. The molecule has 2 amide bonds. The molecule has 13 heteroatoms. The third kappa shape index (κ3) is 8.51. The highest BCUT2D eigenvalue weighted by atomic mass is 35.5. The molecule has 1 fully saturated rings. The van der Waals surface area contributed by atoms with E-state index in [0.717, 1.165) is 43.4 Å². The van der Waals surface area contributed by atoms with E-state index in [4.69, 9.17) is 23.2 Å². The van der Waals surface area contributed by atoms with Crippen LogP contribution < -0.4 is 9.62 Å². The van der Waals surface area contributed by atoms with E-state index in [2.05, 4.69) is 5.32 Å². The highest BCUT2D eigenvalue weighted by Crippen LogP contribution is 2.34. The van der Waals surface area contributed by atoms with Gasteiger partial charge >= 0.3 is 6.18 Å². The molecule has 1 aliphatic carbocycles. The number of halogens is 5. The largest absolute Gasteiger partial charge is 0.416 e. The van der Waals surface area contributed by atoms with Crippen molar-refractivity contribution >= 4 is 50.7 Å². The second kappa shape index (κ2) is 14.4. The highest BCUT2D eigenvalue weighted by Gasteiger charge is 2.36. The summed E-state index contributed by atoms with van der Waals surface area (Å²) < 4.78 is 69.7. The standard InChI is InChI=1S/C32H34Cl2F3N3O4S/c1-3-29(31(42)38-24-8-4-5-9-24)39(19-22-13-16-27(33)28(34)17-22)30(41)20-40(25-10-6-7-23(18-25)32(35,36)37)45(43,44)26-14-11-21(2)12-15-26/h6-7,10-18,24,29H,3-5,8-9,19-20H2,1-2H3,(H,38,42)/t29-/m1/s1. The molecule has 7 nitrogen and oxygen atoms in total. The van der Waals surface area contributed by atoms with Crippen LogP contribution in [0.2, 0.25) is 10.0 Å². The molecule has 0 aromatic heterocycles. The van der Waals surface area contributed by atoms with Crippen molar-refractivity contribution in [3.05, 3.63) is 93.5 Å². The summed E-state index contributed by atoms with van der Waals surface area (Å²) in [5.74, 6) is -1.19. The minimum absolute atomic E-state index is 0.0444. The first-order chi connectivity index (χ1) is 21.2. The van der Waals surface area contributed by atoms with Crippen LogP contribution in [0.25, 0.3) is 0 Å². The van der Waals surface area contributed by atoms with Crippen LogP contribution in [0, 0.1) is 6.92 Å². The molecule has 45 heavy (non-hydrogen) atoms. The van der Waals surface area contributed by atoms with Gasteiger partial charge in [-0.3, -0.25) is 13.9 Å². The summed E-state index contributed by atoms with van der Waals surface area (Å²) in [6, 6.07) is 13.2. The summed E-state index contributed by atoms with van der Waals surface area (Å²) in [6.45, 7) is 2.48. The third-order valence-corrected chi connectivity index (χ3v) is 10.3. The van der Waals surface area contributed by atoms with Gasteiger partial charge in [0.1, 0.15) is 12.6 Å². The summed E-state index contributed by atoms with van der Waals surface area (Å²) >= 11 is 12.3. The zero-order valence-corrected chi connectivity index (χ0v) is 27.1. The van der Waals surface area contributed by atoms with Gasteiger partial charge in [-0.15, -0.1) is 0 Å². The summed E-state index contributed by atoms with van der Waals surface area (Å²) in [5, 5.41) is 3.51. The van der Waals surface area contributed by atoms with Gasteiger partial charge in [-0.05, 0) is 74.2 Å². The SMILES string of the molecule is CC[C@H](C(=O)NC1CCCC1)N(Cc1ccc(Cl)c(Cl)c1)C(=O)CN(c1cccc(C(F)(F)F)c1)S(=O)(=O)c1ccc(C)cc1. The summed E-state index contributed by atoms with van der Waals surface area (Å²) in [6.07, 6.45) is -1.01. The normalized spacial score (nSPS) is 14.6. The van der Waals surface area contributed by atoms with Crippen molar-refractivity contribution in [1.29, 1.82) is 0 Å². The molecule has 3 aromatic carbocycles. The lowest BCUT2D eigenvalue weighted by molar-refractivity contribution is -0.140. The molecule has 3 aromatic rings. The maximum atomic E-state index is 14.2. The van der Waals surface area contributed by atoms with Gasteiger partial charge in [-0.1, -0.05) is 72.8 Å². The van der Waals surface area contributed by atoms with Crippen LogP contribution in [0.3, 0.4) is 0 Å². The Hall–Kier alpha value is -3.28. The molecule has 1 atom stereocenters. The van der Waals surface area contributed by atoms with Gasteiger partial charge in [0.05, 0.1) is 26.2 Å². The maximum Gasteiger partial charge on any atom is 0.416 e. The maximum absolute atomic E-state index is 14.2. The summed E-state index contributed by atoms with van der Waals surface area (Å²) in [4.78, 5) is 28.8. The Labute approximate surface area is 271 Å². The molecule has 0 heterocycles. The van der Waals surface area contributed by atoms with Gasteiger partial charge in [-0.25, -0.2) is 8.42 Å². The summed E-state index contributed by atoms with van der Waals surface area (Å²) in [5.41, 5.74) is -0.136. The zero-order chi connectivity index (χ0) is 32.9. The molecule has 242 valence electrons. The Morgan fingerprint density at radius 3 is 2.24 bits per heavy atom. The number of anilines is 1. The molecule has 0 saturated heterocycles. The quantitative estimate of drug-likeness (QED) is 0.229. The fourth-order valence-corrected chi connectivity index (χ4v) is 7.05. The van der Waals surface area contributed by atoms with Gasteiger partial charge in [0, 0.05) is 12.6 Å². The number of benzene rings is 3. The topological polar surface area (TPSA) is 86.8 Å². The van der Waals surface area contributed by atoms with Crippen molar-refractivity contribution in [2.24, 2.45) is 0 Å². The smallest absolute Gasteiger partial charge is 0.352 e. The number of carbonyl (C=O) groups excluding carboxylic acids is 2. The number of rotatable bonds is 11. The molecule has 1 N–H and O–H groups in total. The number of hydrogen-bond donors (Lipinski definition) is 1. The first-order valence-electron chi connectivity index (χ1n) is 14.5. The molecule has 1 aliphatic rings. The predicted molar refractivity (Wildman–Crippen MR) is 169 cm³/mol. The lowest BCUT2D eigenvalue weighted by Gasteiger charge is -2.34. The van der Waals surface area contributed by atoms with Crippen LogP contribution in [0.4, 0.5) is 18.9 Å². The van der Waals surface area contributed by atoms with Gasteiger partial charge in [0.2, 0.25) is 11.8 Å². The predicted octanol–water partition coefficient (Wildman–Crippen LogP) is 7.38. The Morgan fingerprint density at radius 1 is 0.978 bits per heavy atom. The number of nitrogens with one attached hydrogen (secondary N) is 1. The van der Waals surface area contributed by atoms with Crippen molar-refractivity contribution in [1.82, 2.24) is 10.2 Å².